The third-order valence-electron chi connectivity index (χ3n) is 1.33. The van der Waals surface area contributed by atoms with Crippen molar-refractivity contribution in [1.29, 1.82) is 5.26 Å². The lowest BCUT2D eigenvalue weighted by Crippen LogP contribution is -2.21. The number of nitrogens with zero attached hydrogens (tertiary/aromatic N) is 1. The quantitative estimate of drug-likeness (QED) is 0.425. The Kier molecular flexibility index (Phi) is 3.00. The van der Waals surface area contributed by atoms with Gasteiger partial charge in [-0.05, 0) is 6.92 Å². The maximum atomic E-state index is 11.3. The van der Waals surface area contributed by atoms with Crippen LogP contribution in [0.5, 0.6) is 0 Å². The zero-order chi connectivity index (χ0) is 9.07. The summed E-state index contributed by atoms with van der Waals surface area (Å²) in [5.41, 5.74) is -0.199. The van der Waals surface area contributed by atoms with Gasteiger partial charge >= 0.3 is 0 Å². The monoisotopic (exact) mass is 151 g/mol. The molecule has 0 aliphatic rings. The molecule has 0 unspecified atom stereocenters. The van der Waals surface area contributed by atoms with Gasteiger partial charge in [-0.15, -0.1) is 0 Å². The van der Waals surface area contributed by atoms with Gasteiger partial charge in [0, 0.05) is 5.41 Å². The Labute approximate surface area is 67.5 Å². The van der Waals surface area contributed by atoms with E-state index < -0.39 is 5.41 Å². The largest absolute Gasteiger partial charge is 0.293 e. The smallest absolute Gasteiger partial charge is 0.178 e. The van der Waals surface area contributed by atoms with Crippen molar-refractivity contribution in [1.82, 2.24) is 0 Å². The molecule has 60 valence electrons. The summed E-state index contributed by atoms with van der Waals surface area (Å²) >= 11 is 0. The average molecular weight is 151 g/mol. The van der Waals surface area contributed by atoms with Crippen LogP contribution in [0.4, 0.5) is 0 Å². The van der Waals surface area contributed by atoms with Crippen LogP contribution in [-0.4, -0.2) is 5.78 Å². The van der Waals surface area contributed by atoms with Gasteiger partial charge in [0.05, 0.1) is 5.57 Å². The molecule has 0 aromatic heterocycles. The molecule has 0 rings (SSSR count). The second-order valence-corrected chi connectivity index (χ2v) is 3.39. The first kappa shape index (κ1) is 9.90. The van der Waals surface area contributed by atoms with Gasteiger partial charge < -0.3 is 0 Å². The molecule has 0 aliphatic heterocycles. The third kappa shape index (κ3) is 2.55. The normalized spacial score (nSPS) is 12.5. The van der Waals surface area contributed by atoms with Crippen molar-refractivity contribution in [2.45, 2.75) is 27.7 Å². The first-order valence-corrected chi connectivity index (χ1v) is 3.54. The molecule has 0 aromatic rings. The van der Waals surface area contributed by atoms with E-state index in [0.717, 1.165) is 0 Å². The average Bonchev–Trinajstić information content (AvgIpc) is 1.88. The van der Waals surface area contributed by atoms with Gasteiger partial charge in [0.1, 0.15) is 6.07 Å². The van der Waals surface area contributed by atoms with Crippen LogP contribution in [0.2, 0.25) is 0 Å². The predicted molar refractivity (Wildman–Crippen MR) is 43.8 cm³/mol. The Balaban J connectivity index is 4.67. The molecule has 0 fully saturated rings. The van der Waals surface area contributed by atoms with Crippen LogP contribution in [-0.2, 0) is 4.79 Å². The SMILES string of the molecule is C/C=C(/C#N)C(=O)C(C)(C)C. The van der Waals surface area contributed by atoms with Crippen molar-refractivity contribution in [3.63, 3.8) is 0 Å². The highest BCUT2D eigenvalue weighted by molar-refractivity contribution is 6.02. The summed E-state index contributed by atoms with van der Waals surface area (Å²) in [5, 5.41) is 8.52. The fourth-order valence-electron chi connectivity index (χ4n) is 0.650. The van der Waals surface area contributed by atoms with Crippen LogP contribution in [0.1, 0.15) is 27.7 Å². The Bertz CT molecular complexity index is 225. The Morgan fingerprint density at radius 2 is 1.91 bits per heavy atom. The number of nitriles is 1. The van der Waals surface area contributed by atoms with Crippen molar-refractivity contribution in [2.75, 3.05) is 0 Å². The first-order chi connectivity index (χ1) is 4.93. The van der Waals surface area contributed by atoms with E-state index in [1.54, 1.807) is 33.8 Å². The zero-order valence-electron chi connectivity index (χ0n) is 7.43. The number of hydrogen-bond donors (Lipinski definition) is 0. The van der Waals surface area contributed by atoms with E-state index in [9.17, 15) is 4.79 Å². The van der Waals surface area contributed by atoms with Crippen molar-refractivity contribution >= 4 is 5.78 Å². The molecule has 0 amide bonds. The molecule has 0 saturated carbocycles. The Morgan fingerprint density at radius 1 is 1.45 bits per heavy atom. The van der Waals surface area contributed by atoms with Gasteiger partial charge in [0.15, 0.2) is 5.78 Å². The van der Waals surface area contributed by atoms with E-state index in [-0.39, 0.29) is 11.4 Å². The lowest BCUT2D eigenvalue weighted by molar-refractivity contribution is -0.122. The summed E-state index contributed by atoms with van der Waals surface area (Å²) < 4.78 is 0. The van der Waals surface area contributed by atoms with Crippen molar-refractivity contribution in [3.05, 3.63) is 11.6 Å². The maximum absolute atomic E-state index is 11.3. The van der Waals surface area contributed by atoms with Crippen LogP contribution in [0.3, 0.4) is 0 Å². The topological polar surface area (TPSA) is 40.9 Å². The number of rotatable bonds is 1. The number of ketones is 1. The molecule has 0 bridgehead atoms. The van der Waals surface area contributed by atoms with Gasteiger partial charge in [-0.2, -0.15) is 5.26 Å². The summed E-state index contributed by atoms with van der Waals surface area (Å²) in [4.78, 5) is 11.3. The Morgan fingerprint density at radius 3 is 2.00 bits per heavy atom. The van der Waals surface area contributed by atoms with E-state index >= 15 is 0 Å². The van der Waals surface area contributed by atoms with E-state index in [1.807, 2.05) is 6.07 Å². The van der Waals surface area contributed by atoms with Crippen LogP contribution >= 0.6 is 0 Å². The zero-order valence-corrected chi connectivity index (χ0v) is 7.43. The van der Waals surface area contributed by atoms with Gasteiger partial charge in [0.2, 0.25) is 0 Å². The van der Waals surface area contributed by atoms with Gasteiger partial charge in [0.25, 0.3) is 0 Å². The number of allylic oxidation sites excluding steroid dienone is 2. The van der Waals surface area contributed by atoms with Crippen LogP contribution in [0.25, 0.3) is 0 Å². The molecule has 0 spiro atoms. The number of Topliss-reactive ketones (excluding diaryl/α,β-unsaturated/α-hetero) is 1. The molecule has 0 saturated heterocycles. The standard InChI is InChI=1S/C9H13NO/c1-5-7(6-10)8(11)9(2,3)4/h5H,1-4H3/b7-5-. The fraction of sp³-hybridized carbons (Fsp3) is 0.556. The molecule has 0 aromatic carbocycles. The van der Waals surface area contributed by atoms with Crippen LogP contribution < -0.4 is 0 Å². The number of carbonyl (C=O) groups is 1. The Hall–Kier alpha value is -1.10. The van der Waals surface area contributed by atoms with E-state index in [4.69, 9.17) is 5.26 Å². The highest BCUT2D eigenvalue weighted by Crippen LogP contribution is 2.19. The molecule has 0 atom stereocenters. The summed E-state index contributed by atoms with van der Waals surface area (Å²) in [6.07, 6.45) is 1.55. The second-order valence-electron chi connectivity index (χ2n) is 3.39. The molecular formula is C9H13NO. The summed E-state index contributed by atoms with van der Waals surface area (Å²) in [5.74, 6) is -0.0949. The van der Waals surface area contributed by atoms with E-state index in [2.05, 4.69) is 0 Å². The molecule has 11 heavy (non-hydrogen) atoms. The molecule has 2 heteroatoms. The van der Waals surface area contributed by atoms with Crippen molar-refractivity contribution < 1.29 is 4.79 Å². The van der Waals surface area contributed by atoms with E-state index in [0.29, 0.717) is 0 Å². The summed E-state index contributed by atoms with van der Waals surface area (Å²) in [7, 11) is 0. The van der Waals surface area contributed by atoms with Crippen LogP contribution in [0.15, 0.2) is 11.6 Å². The maximum Gasteiger partial charge on any atom is 0.178 e. The third-order valence-corrected chi connectivity index (χ3v) is 1.33. The lowest BCUT2D eigenvalue weighted by Gasteiger charge is -2.14. The van der Waals surface area contributed by atoms with Gasteiger partial charge in [-0.3, -0.25) is 4.79 Å². The first-order valence-electron chi connectivity index (χ1n) is 3.54. The molecule has 0 heterocycles. The lowest BCUT2D eigenvalue weighted by atomic mass is 9.87. The van der Waals surface area contributed by atoms with Crippen LogP contribution in [0, 0.1) is 16.7 Å². The highest BCUT2D eigenvalue weighted by atomic mass is 16.1. The van der Waals surface area contributed by atoms with Gasteiger partial charge in [-0.1, -0.05) is 26.8 Å². The number of hydrogen-bond acceptors (Lipinski definition) is 2. The molecular weight excluding hydrogens is 138 g/mol. The van der Waals surface area contributed by atoms with E-state index in [1.165, 1.54) is 0 Å². The molecule has 0 aliphatic carbocycles. The van der Waals surface area contributed by atoms with Crippen molar-refractivity contribution in [2.24, 2.45) is 5.41 Å². The highest BCUT2D eigenvalue weighted by Gasteiger charge is 2.23. The molecule has 2 nitrogen and oxygen atoms in total. The molecule has 0 N–H and O–H groups in total. The minimum absolute atomic E-state index is 0.0949. The van der Waals surface area contributed by atoms with Gasteiger partial charge in [-0.25, -0.2) is 0 Å². The fourth-order valence-corrected chi connectivity index (χ4v) is 0.650. The second kappa shape index (κ2) is 3.34. The minimum Gasteiger partial charge on any atom is -0.293 e. The minimum atomic E-state index is -0.447. The van der Waals surface area contributed by atoms with Crippen molar-refractivity contribution in [3.8, 4) is 6.07 Å². The number of carbonyl (C=O) groups excluding carboxylic acids is 1. The molecule has 0 radical (unpaired) electrons. The summed E-state index contributed by atoms with van der Waals surface area (Å²) in [6, 6.07) is 1.87. The summed E-state index contributed by atoms with van der Waals surface area (Å²) in [6.45, 7) is 7.10. The predicted octanol–water partition coefficient (Wildman–Crippen LogP) is 2.07.